The molecule has 154 valence electrons. The number of rotatable bonds is 4. The molecule has 2 fully saturated rings. The van der Waals surface area contributed by atoms with Crippen molar-refractivity contribution in [2.24, 2.45) is 5.92 Å². The van der Waals surface area contributed by atoms with Crippen LogP contribution in [0.2, 0.25) is 0 Å². The van der Waals surface area contributed by atoms with Crippen molar-refractivity contribution in [2.45, 2.75) is 77.7 Å². The quantitative estimate of drug-likeness (QED) is 0.576. The molecule has 2 atom stereocenters. The number of anilines is 1. The third-order valence-electron chi connectivity index (χ3n) is 5.37. The van der Waals surface area contributed by atoms with Crippen LogP contribution in [0.15, 0.2) is 6.07 Å². The minimum absolute atomic E-state index is 0.00130. The molecule has 1 aromatic rings. The van der Waals surface area contributed by atoms with Gasteiger partial charge in [-0.15, -0.1) is 0 Å². The molecule has 9 nitrogen and oxygen atoms in total. The second-order valence-corrected chi connectivity index (χ2v) is 8.07. The van der Waals surface area contributed by atoms with Crippen LogP contribution in [0.3, 0.4) is 0 Å². The van der Waals surface area contributed by atoms with Crippen molar-refractivity contribution in [3.8, 4) is 0 Å². The molecule has 1 aromatic heterocycles. The number of carbonyl (C=O) groups excluding carboxylic acids is 3. The molecule has 0 aromatic carbocycles. The highest BCUT2D eigenvalue weighted by Gasteiger charge is 2.31. The minimum Gasteiger partial charge on any atom is -0.345 e. The summed E-state index contributed by atoms with van der Waals surface area (Å²) < 4.78 is 1.51. The van der Waals surface area contributed by atoms with Crippen LogP contribution in [-0.4, -0.2) is 39.6 Å². The van der Waals surface area contributed by atoms with Gasteiger partial charge < -0.3 is 16.0 Å². The van der Waals surface area contributed by atoms with Gasteiger partial charge in [0.15, 0.2) is 6.29 Å². The smallest absolute Gasteiger partial charge is 0.314 e. The summed E-state index contributed by atoms with van der Waals surface area (Å²) in [5, 5.41) is 16.0. The first-order valence-electron chi connectivity index (χ1n) is 10.1. The lowest BCUT2D eigenvalue weighted by Crippen LogP contribution is -2.55. The van der Waals surface area contributed by atoms with E-state index in [0.717, 1.165) is 25.7 Å². The summed E-state index contributed by atoms with van der Waals surface area (Å²) in [6, 6.07) is 1.74. The van der Waals surface area contributed by atoms with Crippen LogP contribution >= 0.6 is 0 Å². The Morgan fingerprint density at radius 3 is 2.61 bits per heavy atom. The van der Waals surface area contributed by atoms with Crippen molar-refractivity contribution in [3.05, 3.63) is 11.8 Å². The number of aromatic nitrogens is 2. The molecule has 3 rings (SSSR count). The lowest BCUT2D eigenvalue weighted by atomic mass is 9.95. The van der Waals surface area contributed by atoms with Crippen LogP contribution in [0.4, 0.5) is 5.82 Å². The highest BCUT2D eigenvalue weighted by atomic mass is 16.2. The Morgan fingerprint density at radius 1 is 1.21 bits per heavy atom. The Labute approximate surface area is 165 Å². The maximum atomic E-state index is 12.4. The van der Waals surface area contributed by atoms with Crippen LogP contribution in [0.25, 0.3) is 0 Å². The lowest BCUT2D eigenvalue weighted by molar-refractivity contribution is -0.136. The molecule has 3 amide bonds. The largest absolute Gasteiger partial charge is 0.345 e. The van der Waals surface area contributed by atoms with Gasteiger partial charge in [-0.3, -0.25) is 19.7 Å². The van der Waals surface area contributed by atoms with Gasteiger partial charge in [0, 0.05) is 24.6 Å². The fourth-order valence-electron chi connectivity index (χ4n) is 3.75. The summed E-state index contributed by atoms with van der Waals surface area (Å²) >= 11 is 0. The van der Waals surface area contributed by atoms with Gasteiger partial charge in [0.05, 0.1) is 5.69 Å². The third kappa shape index (κ3) is 4.89. The van der Waals surface area contributed by atoms with Crippen molar-refractivity contribution in [1.29, 1.82) is 0 Å². The Bertz CT molecular complexity index is 738. The molecule has 4 N–H and O–H groups in total. The van der Waals surface area contributed by atoms with Gasteiger partial charge in [0.2, 0.25) is 5.91 Å². The molecular formula is C19H30N6O3. The number of nitrogens with zero attached hydrogens (tertiary/aromatic N) is 2. The SMILES string of the molecule is Cc1cc(NC(=O)C(=O)NC2CCCCC2)n(C2NC(=O)CC(C(C)C)N2)n1. The van der Waals surface area contributed by atoms with Gasteiger partial charge in [0.1, 0.15) is 5.82 Å². The Hall–Kier alpha value is -2.42. The predicted octanol–water partition coefficient (Wildman–Crippen LogP) is 1.17. The third-order valence-corrected chi connectivity index (χ3v) is 5.37. The number of aryl methyl sites for hydroxylation is 1. The van der Waals surface area contributed by atoms with E-state index >= 15 is 0 Å². The lowest BCUT2D eigenvalue weighted by Gasteiger charge is -2.34. The normalized spacial score (nSPS) is 23.4. The number of amides is 3. The second kappa shape index (κ2) is 8.72. The molecular weight excluding hydrogens is 360 g/mol. The number of hydrogen-bond donors (Lipinski definition) is 4. The zero-order chi connectivity index (χ0) is 20.3. The van der Waals surface area contributed by atoms with Crippen LogP contribution in [0, 0.1) is 12.8 Å². The molecule has 2 heterocycles. The van der Waals surface area contributed by atoms with Crippen molar-refractivity contribution in [1.82, 2.24) is 25.7 Å². The van der Waals surface area contributed by atoms with E-state index in [2.05, 4.69) is 26.4 Å². The van der Waals surface area contributed by atoms with Crippen LogP contribution in [0.5, 0.6) is 0 Å². The van der Waals surface area contributed by atoms with E-state index in [9.17, 15) is 14.4 Å². The molecule has 0 spiro atoms. The van der Waals surface area contributed by atoms with E-state index in [1.165, 1.54) is 11.1 Å². The van der Waals surface area contributed by atoms with Gasteiger partial charge in [-0.05, 0) is 25.7 Å². The molecule has 0 bridgehead atoms. The summed E-state index contributed by atoms with van der Waals surface area (Å²) in [4.78, 5) is 36.7. The first-order chi connectivity index (χ1) is 13.3. The van der Waals surface area contributed by atoms with E-state index < -0.39 is 18.1 Å². The van der Waals surface area contributed by atoms with Crippen molar-refractivity contribution >= 4 is 23.5 Å². The molecule has 0 radical (unpaired) electrons. The molecule has 1 saturated carbocycles. The average Bonchev–Trinajstić information content (AvgIpc) is 3.02. The van der Waals surface area contributed by atoms with E-state index in [-0.39, 0.29) is 23.9 Å². The van der Waals surface area contributed by atoms with Gasteiger partial charge in [-0.2, -0.15) is 5.10 Å². The van der Waals surface area contributed by atoms with Gasteiger partial charge in [-0.1, -0.05) is 33.1 Å². The van der Waals surface area contributed by atoms with E-state index in [1.54, 1.807) is 13.0 Å². The van der Waals surface area contributed by atoms with E-state index in [0.29, 0.717) is 17.9 Å². The zero-order valence-electron chi connectivity index (χ0n) is 16.7. The highest BCUT2D eigenvalue weighted by molar-refractivity contribution is 6.39. The molecule has 28 heavy (non-hydrogen) atoms. The average molecular weight is 390 g/mol. The highest BCUT2D eigenvalue weighted by Crippen LogP contribution is 2.20. The standard InChI is InChI=1S/C19H30N6O3/c1-11(2)14-10-16(26)23-19(21-14)25-15(9-12(3)24-25)22-18(28)17(27)20-13-7-5-4-6-8-13/h9,11,13-14,19,21H,4-8,10H2,1-3H3,(H,20,27)(H,22,28)(H,23,26). The molecule has 9 heteroatoms. The Morgan fingerprint density at radius 2 is 1.93 bits per heavy atom. The van der Waals surface area contributed by atoms with Crippen LogP contribution in [-0.2, 0) is 14.4 Å². The molecule has 2 unspecified atom stereocenters. The molecule has 2 aliphatic rings. The van der Waals surface area contributed by atoms with E-state index in [4.69, 9.17) is 0 Å². The summed E-state index contributed by atoms with van der Waals surface area (Å²) in [6.45, 7) is 5.87. The van der Waals surface area contributed by atoms with Crippen molar-refractivity contribution < 1.29 is 14.4 Å². The Kier molecular flexibility index (Phi) is 6.33. The van der Waals surface area contributed by atoms with Gasteiger partial charge in [-0.25, -0.2) is 4.68 Å². The first-order valence-corrected chi connectivity index (χ1v) is 10.1. The van der Waals surface area contributed by atoms with Gasteiger partial charge >= 0.3 is 11.8 Å². The van der Waals surface area contributed by atoms with Crippen LogP contribution < -0.4 is 21.3 Å². The Balaban J connectivity index is 1.68. The molecule has 1 aliphatic heterocycles. The minimum atomic E-state index is -0.728. The fourth-order valence-corrected chi connectivity index (χ4v) is 3.75. The summed E-state index contributed by atoms with van der Waals surface area (Å²) in [7, 11) is 0. The molecule has 1 saturated heterocycles. The number of nitrogens with one attached hydrogen (secondary N) is 4. The van der Waals surface area contributed by atoms with Crippen molar-refractivity contribution in [2.75, 3.05) is 5.32 Å². The molecule has 1 aliphatic carbocycles. The number of hydrogen-bond acceptors (Lipinski definition) is 5. The predicted molar refractivity (Wildman–Crippen MR) is 104 cm³/mol. The van der Waals surface area contributed by atoms with Gasteiger partial charge in [0.25, 0.3) is 0 Å². The number of carbonyl (C=O) groups is 3. The van der Waals surface area contributed by atoms with Crippen molar-refractivity contribution in [3.63, 3.8) is 0 Å². The summed E-state index contributed by atoms with van der Waals surface area (Å²) in [6.07, 6.45) is 4.94. The second-order valence-electron chi connectivity index (χ2n) is 8.07. The maximum Gasteiger partial charge on any atom is 0.314 e. The first kappa shape index (κ1) is 20.3. The topological polar surface area (TPSA) is 117 Å². The fraction of sp³-hybridized carbons (Fsp3) is 0.684. The maximum absolute atomic E-state index is 12.4. The zero-order valence-corrected chi connectivity index (χ0v) is 16.7. The summed E-state index contributed by atoms with van der Waals surface area (Å²) in [5.41, 5.74) is 0.672. The van der Waals surface area contributed by atoms with Crippen LogP contribution in [0.1, 0.15) is 64.4 Å². The van der Waals surface area contributed by atoms with E-state index in [1.807, 2.05) is 13.8 Å². The monoisotopic (exact) mass is 390 g/mol. The summed E-state index contributed by atoms with van der Waals surface area (Å²) in [5.74, 6) is -0.816.